The molecule has 0 bridgehead atoms. The third-order valence-electron chi connectivity index (χ3n) is 2.94. The summed E-state index contributed by atoms with van der Waals surface area (Å²) in [5, 5.41) is 0.401. The minimum Gasteiger partial charge on any atom is -0.573 e. The van der Waals surface area contributed by atoms with E-state index in [1.165, 1.54) is 24.3 Å². The molecule has 21 heavy (non-hydrogen) atoms. The summed E-state index contributed by atoms with van der Waals surface area (Å²) < 4.78 is 41.8. The van der Waals surface area contributed by atoms with Gasteiger partial charge in [-0.1, -0.05) is 35.9 Å². The Morgan fingerprint density at radius 3 is 2.57 bits per heavy atom. The first-order valence-electron chi connectivity index (χ1n) is 6.15. The zero-order valence-corrected chi connectivity index (χ0v) is 12.9. The molecule has 0 aliphatic rings. The van der Waals surface area contributed by atoms with Crippen LogP contribution in [0.3, 0.4) is 0 Å². The highest BCUT2D eigenvalue weighted by molar-refractivity contribution is 7.94. The number of nitrogens with zero attached hydrogens (tertiary/aromatic N) is 1. The molecule has 0 aliphatic heterocycles. The molecule has 112 valence electrons. The van der Waals surface area contributed by atoms with Crippen LogP contribution in [0.5, 0.6) is 0 Å². The molecule has 0 amide bonds. The third-order valence-corrected chi connectivity index (χ3v) is 4.67. The van der Waals surface area contributed by atoms with Gasteiger partial charge in [-0.15, -0.1) is 5.69 Å². The molecule has 2 aromatic rings. The number of hydrogen-bond acceptors (Lipinski definition) is 2. The highest BCUT2D eigenvalue weighted by Crippen LogP contribution is 2.32. The zero-order valence-electron chi connectivity index (χ0n) is 11.3. The van der Waals surface area contributed by atoms with Gasteiger partial charge < -0.3 is 10.5 Å². The Morgan fingerprint density at radius 2 is 1.95 bits per heavy atom. The maximum atomic E-state index is 13.8. The molecule has 0 aliphatic carbocycles. The normalized spacial score (nSPS) is 11.4. The van der Waals surface area contributed by atoms with Gasteiger partial charge in [-0.25, -0.2) is 12.8 Å². The summed E-state index contributed by atoms with van der Waals surface area (Å²) in [6.45, 7) is 2.15. The van der Waals surface area contributed by atoms with Gasteiger partial charge in [-0.2, -0.15) is 0 Å². The van der Waals surface area contributed by atoms with E-state index in [0.29, 0.717) is 17.1 Å². The highest BCUT2D eigenvalue weighted by atomic mass is 35.5. The lowest BCUT2D eigenvalue weighted by molar-refractivity contribution is -0.386. The molecule has 0 unspecified atom stereocenters. The fraction of sp³-hybridized carbons (Fsp3) is 0.143. The summed E-state index contributed by atoms with van der Waals surface area (Å²) in [7, 11) is -4.14. The molecule has 0 fully saturated rings. The number of hydrogen-bond donors (Lipinski definition) is 1. The fourth-order valence-electron chi connectivity index (χ4n) is 1.73. The van der Waals surface area contributed by atoms with E-state index in [9.17, 15) is 12.8 Å². The minimum absolute atomic E-state index is 0.157. The summed E-state index contributed by atoms with van der Waals surface area (Å²) in [5.74, 6) is -0.839. The maximum Gasteiger partial charge on any atom is 0.140 e. The Kier molecular flexibility index (Phi) is 4.51. The highest BCUT2D eigenvalue weighted by Gasteiger charge is 2.13. The summed E-state index contributed by atoms with van der Waals surface area (Å²) in [6, 6.07) is 8.44. The standard InChI is InChI=1S/C14H13ClFN2O2S/c1-9-2-4-11(7-12(9)15)18-21(19,20)14-6-10(8-17)3-5-13(14)16/h2-7H,8,17H2,1H3/q-1/p+1. The number of quaternary nitrogens is 1. The van der Waals surface area contributed by atoms with Crippen molar-refractivity contribution >= 4 is 27.3 Å². The molecule has 0 saturated carbocycles. The van der Waals surface area contributed by atoms with Crippen LogP contribution >= 0.6 is 11.6 Å². The summed E-state index contributed by atoms with van der Waals surface area (Å²) in [4.78, 5) is -0.458. The first kappa shape index (κ1) is 15.8. The lowest BCUT2D eigenvalue weighted by atomic mass is 10.2. The molecule has 0 radical (unpaired) electrons. The van der Waals surface area contributed by atoms with Crippen LogP contribution < -0.4 is 5.73 Å². The minimum atomic E-state index is -4.14. The molecule has 0 spiro atoms. The monoisotopic (exact) mass is 328 g/mol. The first-order valence-corrected chi connectivity index (χ1v) is 7.97. The summed E-state index contributed by atoms with van der Waals surface area (Å²) in [6.07, 6.45) is 0. The van der Waals surface area contributed by atoms with Gasteiger partial charge in [0.1, 0.15) is 15.8 Å². The second kappa shape index (κ2) is 6.01. The molecule has 3 N–H and O–H groups in total. The van der Waals surface area contributed by atoms with Gasteiger partial charge in [-0.05, 0) is 24.6 Å². The van der Waals surface area contributed by atoms with Crippen LogP contribution in [0.4, 0.5) is 10.1 Å². The largest absolute Gasteiger partial charge is 0.573 e. The van der Waals surface area contributed by atoms with Crippen molar-refractivity contribution in [3.63, 3.8) is 0 Å². The first-order chi connectivity index (χ1) is 9.83. The number of aryl methyl sites for hydroxylation is 1. The van der Waals surface area contributed by atoms with E-state index in [1.54, 1.807) is 13.0 Å². The number of rotatable bonds is 4. The Bertz CT molecular complexity index is 779. The third kappa shape index (κ3) is 3.53. The van der Waals surface area contributed by atoms with Crippen molar-refractivity contribution in [1.82, 2.24) is 0 Å². The second-order valence-corrected chi connectivity index (χ2v) is 6.49. The Hall–Kier alpha value is -1.63. The van der Waals surface area contributed by atoms with E-state index in [1.807, 2.05) is 0 Å². The Morgan fingerprint density at radius 1 is 1.24 bits per heavy atom. The van der Waals surface area contributed by atoms with Crippen molar-refractivity contribution in [2.24, 2.45) is 0 Å². The second-order valence-electron chi connectivity index (χ2n) is 4.51. The Balaban J connectivity index is 2.40. The van der Waals surface area contributed by atoms with Gasteiger partial charge in [0.2, 0.25) is 0 Å². The van der Waals surface area contributed by atoms with Crippen LogP contribution in [-0.4, -0.2) is 8.42 Å². The van der Waals surface area contributed by atoms with Crippen LogP contribution in [0, 0.1) is 12.7 Å². The summed E-state index contributed by atoms with van der Waals surface area (Å²) in [5.41, 5.74) is 5.23. The topological polar surface area (TPSA) is 75.9 Å². The molecule has 2 rings (SSSR count). The van der Waals surface area contributed by atoms with Crippen LogP contribution in [0.15, 0.2) is 41.3 Å². The molecule has 7 heteroatoms. The van der Waals surface area contributed by atoms with Gasteiger partial charge in [0, 0.05) is 10.6 Å². The van der Waals surface area contributed by atoms with E-state index < -0.39 is 20.7 Å². The molecule has 0 saturated heterocycles. The van der Waals surface area contributed by atoms with Crippen LogP contribution in [-0.2, 0) is 16.6 Å². The SMILES string of the molecule is Cc1ccc([N-]S(=O)(=O)c2cc(C[NH3+])ccc2F)cc1Cl. The fourth-order valence-corrected chi connectivity index (χ4v) is 3.01. The molecule has 0 atom stereocenters. The lowest BCUT2D eigenvalue weighted by Crippen LogP contribution is -2.47. The van der Waals surface area contributed by atoms with Crippen molar-refractivity contribution in [1.29, 1.82) is 0 Å². The van der Waals surface area contributed by atoms with Crippen LogP contribution in [0.25, 0.3) is 4.72 Å². The summed E-state index contributed by atoms with van der Waals surface area (Å²) >= 11 is 5.93. The Labute approximate surface area is 127 Å². The van der Waals surface area contributed by atoms with Gasteiger partial charge in [0.05, 0.1) is 11.4 Å². The number of benzene rings is 2. The van der Waals surface area contributed by atoms with E-state index in [4.69, 9.17) is 11.6 Å². The number of sulfonamides is 1. The molecule has 2 aromatic carbocycles. The van der Waals surface area contributed by atoms with Gasteiger partial charge in [-0.3, -0.25) is 0 Å². The van der Waals surface area contributed by atoms with E-state index in [-0.39, 0.29) is 5.69 Å². The predicted octanol–water partition coefficient (Wildman–Crippen LogP) is 2.92. The van der Waals surface area contributed by atoms with Crippen LogP contribution in [0.2, 0.25) is 5.02 Å². The predicted molar refractivity (Wildman–Crippen MR) is 79.4 cm³/mol. The quantitative estimate of drug-likeness (QED) is 0.936. The smallest absolute Gasteiger partial charge is 0.140 e. The van der Waals surface area contributed by atoms with E-state index >= 15 is 0 Å². The molecule has 4 nitrogen and oxygen atoms in total. The average Bonchev–Trinajstić information content (AvgIpc) is 2.43. The molecule has 0 heterocycles. The van der Waals surface area contributed by atoms with Gasteiger partial charge in [0.25, 0.3) is 0 Å². The lowest BCUT2D eigenvalue weighted by Gasteiger charge is -2.23. The van der Waals surface area contributed by atoms with Crippen molar-refractivity contribution in [3.05, 3.63) is 63.1 Å². The van der Waals surface area contributed by atoms with Crippen molar-refractivity contribution < 1.29 is 18.5 Å². The number of halogens is 2. The zero-order chi connectivity index (χ0) is 15.6. The van der Waals surface area contributed by atoms with Crippen molar-refractivity contribution in [3.8, 4) is 0 Å². The van der Waals surface area contributed by atoms with Crippen molar-refractivity contribution in [2.45, 2.75) is 18.4 Å². The maximum absolute atomic E-state index is 13.8. The molecule has 0 aromatic heterocycles. The van der Waals surface area contributed by atoms with Gasteiger partial charge in [0.15, 0.2) is 0 Å². The molecular formula is C14H14ClFN2O2S. The molecular weight excluding hydrogens is 315 g/mol. The van der Waals surface area contributed by atoms with Crippen molar-refractivity contribution in [2.75, 3.05) is 0 Å². The average molecular weight is 329 g/mol. The van der Waals surface area contributed by atoms with E-state index in [2.05, 4.69) is 10.5 Å². The van der Waals surface area contributed by atoms with E-state index in [0.717, 1.165) is 11.6 Å². The van der Waals surface area contributed by atoms with Gasteiger partial charge >= 0.3 is 0 Å². The van der Waals surface area contributed by atoms with Crippen LogP contribution in [0.1, 0.15) is 11.1 Å².